The van der Waals surface area contributed by atoms with E-state index >= 15 is 0 Å². The normalized spacial score (nSPS) is 17.6. The zero-order chi connectivity index (χ0) is 36.7. The van der Waals surface area contributed by atoms with E-state index < -0.39 is 0 Å². The summed E-state index contributed by atoms with van der Waals surface area (Å²) in [6, 6.07) is 53.3. The second-order valence-corrected chi connectivity index (χ2v) is 18.0. The van der Waals surface area contributed by atoms with Crippen LogP contribution >= 0.6 is 0 Å². The molecule has 0 saturated heterocycles. The van der Waals surface area contributed by atoms with Gasteiger partial charge in [0.1, 0.15) is 0 Å². The third kappa shape index (κ3) is 4.24. The van der Waals surface area contributed by atoms with Crippen LogP contribution in [0.4, 0.5) is 28.4 Å². The lowest BCUT2D eigenvalue weighted by molar-refractivity contribution is 0.332. The highest BCUT2D eigenvalue weighted by molar-refractivity contribution is 6.93. The molecule has 0 radical (unpaired) electrons. The Labute approximate surface area is 320 Å². The number of benzene rings is 7. The van der Waals surface area contributed by atoms with Crippen LogP contribution in [0.3, 0.4) is 0 Å². The first-order valence-electron chi connectivity index (χ1n) is 19.8. The zero-order valence-electron chi connectivity index (χ0n) is 32.2. The highest BCUT2D eigenvalue weighted by Crippen LogP contribution is 2.57. The van der Waals surface area contributed by atoms with E-state index in [4.69, 9.17) is 0 Å². The SMILES string of the molecule is CC1(C)CCC(C)(C)c2cc3c(cc21)-c1cc(-c2ccccc2)cc2c1B(c1cccc4c1N2c1cc2ccccc2cc1C4(C)C)N3c1ccccc1. The molecular weight excluding hydrogens is 651 g/mol. The largest absolute Gasteiger partial charge is 0.376 e. The van der Waals surface area contributed by atoms with Crippen molar-refractivity contribution in [2.24, 2.45) is 0 Å². The van der Waals surface area contributed by atoms with E-state index in [1.165, 1.54) is 107 Å². The van der Waals surface area contributed by atoms with Gasteiger partial charge in [-0.3, -0.25) is 0 Å². The summed E-state index contributed by atoms with van der Waals surface area (Å²) in [6.45, 7) is 14.7. The first-order chi connectivity index (χ1) is 26.0. The standard InChI is InChI=1S/C51H45BN2/c1-49(2)24-25-50(3,4)41-31-44-37(30-40(41)49)38-26-35(32-16-9-7-10-17-32)29-46-47(38)52(54(44)36-20-11-8-12-21-36)43-23-15-22-39-48(43)53(46)45-28-34-19-14-13-18-33(34)27-42(45)51(39,5)6/h7-23,26-31H,24-25H2,1-6H3. The topological polar surface area (TPSA) is 6.48 Å². The lowest BCUT2D eigenvalue weighted by Gasteiger charge is -2.51. The third-order valence-electron chi connectivity index (χ3n) is 13.6. The summed E-state index contributed by atoms with van der Waals surface area (Å²) >= 11 is 0. The molecule has 3 aliphatic heterocycles. The number of nitrogens with zero attached hydrogens (tertiary/aromatic N) is 2. The molecule has 3 heterocycles. The molecule has 1 aliphatic carbocycles. The van der Waals surface area contributed by atoms with Gasteiger partial charge in [-0.15, -0.1) is 0 Å². The maximum Gasteiger partial charge on any atom is 0.333 e. The smallest absolute Gasteiger partial charge is 0.333 e. The molecule has 0 aromatic heterocycles. The van der Waals surface area contributed by atoms with Gasteiger partial charge in [-0.05, 0) is 133 Å². The van der Waals surface area contributed by atoms with Crippen LogP contribution in [0.15, 0.2) is 140 Å². The minimum Gasteiger partial charge on any atom is -0.376 e. The maximum atomic E-state index is 2.69. The molecule has 0 amide bonds. The van der Waals surface area contributed by atoms with Crippen molar-refractivity contribution in [3.63, 3.8) is 0 Å². The monoisotopic (exact) mass is 696 g/mol. The molecule has 7 aromatic carbocycles. The Morgan fingerprint density at radius 2 is 1.13 bits per heavy atom. The van der Waals surface area contributed by atoms with Gasteiger partial charge in [0.2, 0.25) is 0 Å². The van der Waals surface area contributed by atoms with Crippen molar-refractivity contribution in [3.8, 4) is 22.3 Å². The Bertz CT molecular complexity index is 2710. The molecule has 3 heteroatoms. The fourth-order valence-electron chi connectivity index (χ4n) is 10.6. The van der Waals surface area contributed by atoms with Crippen LogP contribution in [0.2, 0.25) is 0 Å². The molecule has 0 bridgehead atoms. The molecule has 7 aromatic rings. The van der Waals surface area contributed by atoms with E-state index in [9.17, 15) is 0 Å². The number of para-hydroxylation sites is 2. The Morgan fingerprint density at radius 3 is 1.85 bits per heavy atom. The molecule has 2 nitrogen and oxygen atoms in total. The van der Waals surface area contributed by atoms with Crippen LogP contribution in [0.5, 0.6) is 0 Å². The molecule has 0 spiro atoms. The minimum atomic E-state index is -0.197. The van der Waals surface area contributed by atoms with E-state index in [0.717, 1.165) is 0 Å². The van der Waals surface area contributed by atoms with E-state index in [0.29, 0.717) is 0 Å². The Balaban J connectivity index is 1.31. The van der Waals surface area contributed by atoms with Crippen molar-refractivity contribution in [1.29, 1.82) is 0 Å². The van der Waals surface area contributed by atoms with E-state index in [2.05, 4.69) is 191 Å². The number of hydrogen-bond donors (Lipinski definition) is 0. The van der Waals surface area contributed by atoms with Gasteiger partial charge in [0.15, 0.2) is 0 Å². The van der Waals surface area contributed by atoms with Crippen molar-refractivity contribution in [1.82, 2.24) is 0 Å². The van der Waals surface area contributed by atoms with Gasteiger partial charge in [-0.1, -0.05) is 133 Å². The van der Waals surface area contributed by atoms with Gasteiger partial charge in [0.25, 0.3) is 0 Å². The summed E-state index contributed by atoms with van der Waals surface area (Å²) < 4.78 is 0. The summed E-state index contributed by atoms with van der Waals surface area (Å²) in [6.07, 6.45) is 2.37. The quantitative estimate of drug-likeness (QED) is 0.166. The first-order valence-corrected chi connectivity index (χ1v) is 19.8. The lowest BCUT2D eigenvalue weighted by atomic mass is 9.42. The average Bonchev–Trinajstić information content (AvgIpc) is 3.19. The molecule has 0 saturated carbocycles. The minimum absolute atomic E-state index is 0.00325. The number of fused-ring (bicyclic) bond motifs is 8. The van der Waals surface area contributed by atoms with E-state index in [-0.39, 0.29) is 23.1 Å². The third-order valence-corrected chi connectivity index (χ3v) is 13.6. The number of hydrogen-bond acceptors (Lipinski definition) is 2. The molecule has 54 heavy (non-hydrogen) atoms. The van der Waals surface area contributed by atoms with Crippen LogP contribution in [0.1, 0.15) is 76.6 Å². The summed E-state index contributed by atoms with van der Waals surface area (Å²) in [5.74, 6) is 0. The fraction of sp³-hybridized carbons (Fsp3) is 0.216. The lowest BCUT2D eigenvalue weighted by Crippen LogP contribution is -2.62. The van der Waals surface area contributed by atoms with Gasteiger partial charge in [-0.25, -0.2) is 0 Å². The van der Waals surface area contributed by atoms with Gasteiger partial charge < -0.3 is 9.71 Å². The molecule has 0 unspecified atom stereocenters. The molecule has 11 rings (SSSR count). The summed E-state index contributed by atoms with van der Waals surface area (Å²) in [7, 11) is 0. The highest BCUT2D eigenvalue weighted by atomic mass is 15.2. The zero-order valence-corrected chi connectivity index (χ0v) is 32.2. The van der Waals surface area contributed by atoms with Crippen LogP contribution < -0.4 is 20.6 Å². The molecule has 0 fully saturated rings. The molecule has 0 N–H and O–H groups in total. The highest BCUT2D eigenvalue weighted by Gasteiger charge is 2.50. The second kappa shape index (κ2) is 10.8. The molecular formula is C51H45BN2. The average molecular weight is 697 g/mol. The Morgan fingerprint density at radius 1 is 0.481 bits per heavy atom. The van der Waals surface area contributed by atoms with Gasteiger partial charge in [0, 0.05) is 33.7 Å². The second-order valence-electron chi connectivity index (χ2n) is 18.0. The first kappa shape index (κ1) is 31.9. The van der Waals surface area contributed by atoms with Crippen LogP contribution in [-0.4, -0.2) is 6.85 Å². The predicted octanol–water partition coefficient (Wildman–Crippen LogP) is 12.2. The van der Waals surface area contributed by atoms with Crippen LogP contribution in [0.25, 0.3) is 33.0 Å². The van der Waals surface area contributed by atoms with Crippen molar-refractivity contribution < 1.29 is 0 Å². The van der Waals surface area contributed by atoms with Crippen molar-refractivity contribution in [3.05, 3.63) is 162 Å². The Kier molecular flexibility index (Phi) is 6.38. The predicted molar refractivity (Wildman–Crippen MR) is 231 cm³/mol. The van der Waals surface area contributed by atoms with E-state index in [1.54, 1.807) is 0 Å². The van der Waals surface area contributed by atoms with Gasteiger partial charge in [-0.2, -0.15) is 0 Å². The summed E-state index contributed by atoms with van der Waals surface area (Å²) in [5, 5.41) is 2.56. The molecule has 4 aliphatic rings. The molecule has 262 valence electrons. The number of rotatable bonds is 2. The van der Waals surface area contributed by atoms with Crippen molar-refractivity contribution in [2.75, 3.05) is 9.71 Å². The van der Waals surface area contributed by atoms with Crippen LogP contribution in [0, 0.1) is 0 Å². The van der Waals surface area contributed by atoms with Crippen molar-refractivity contribution >= 4 is 57.0 Å². The van der Waals surface area contributed by atoms with Crippen LogP contribution in [-0.2, 0) is 16.2 Å². The maximum absolute atomic E-state index is 2.69. The van der Waals surface area contributed by atoms with Crippen molar-refractivity contribution in [2.45, 2.75) is 70.6 Å². The fourth-order valence-corrected chi connectivity index (χ4v) is 10.6. The summed E-state index contributed by atoms with van der Waals surface area (Å²) in [4.78, 5) is 5.34. The Hall–Kier alpha value is -5.54. The summed E-state index contributed by atoms with van der Waals surface area (Å²) in [5.41, 5.74) is 20.1. The van der Waals surface area contributed by atoms with Gasteiger partial charge >= 0.3 is 6.85 Å². The molecule has 0 atom stereocenters. The van der Waals surface area contributed by atoms with Gasteiger partial charge in [0.05, 0.1) is 5.69 Å². The van der Waals surface area contributed by atoms with E-state index in [1.807, 2.05) is 0 Å². The number of anilines is 5.